The maximum atomic E-state index is 15.2. The first-order chi connectivity index (χ1) is 17.3. The molecule has 10 heteroatoms. The number of ether oxygens (including phenoxy) is 1. The quantitative estimate of drug-likeness (QED) is 0.227. The molecule has 0 atom stereocenters. The van der Waals surface area contributed by atoms with Crippen molar-refractivity contribution in [1.82, 2.24) is 0 Å². The summed E-state index contributed by atoms with van der Waals surface area (Å²) in [6.07, 6.45) is -9.50. The van der Waals surface area contributed by atoms with Crippen molar-refractivity contribution in [2.75, 3.05) is 0 Å². The van der Waals surface area contributed by atoms with E-state index < -0.39 is 52.4 Å². The smallest absolute Gasteiger partial charge is 0.222 e. The zero-order valence-corrected chi connectivity index (χ0v) is 19.0. The number of benzene rings is 4. The fraction of sp³-hybridized carbons (Fsp3) is 0.185. The minimum atomic E-state index is -5.88. The summed E-state index contributed by atoms with van der Waals surface area (Å²) in [5, 5.41) is 0.963. The molecule has 0 aliphatic heterocycles. The topological polar surface area (TPSA) is 9.23 Å². The van der Waals surface area contributed by atoms with Crippen molar-refractivity contribution in [2.45, 2.75) is 32.2 Å². The number of hydrogen-bond donors (Lipinski definition) is 0. The standard InChI is InChI=1S/C27H17F9O/c1-2-3-14-4-7-19-15(10-14)6-9-20(25(19)31)16-5-8-18(21(28)11-16)17-12-22(29)24(23(30)13-17)26(32,33)37-27(34,35)36/h4-13H,2-3H2,1H3. The Labute approximate surface area is 205 Å². The highest BCUT2D eigenvalue weighted by Crippen LogP contribution is 2.41. The lowest BCUT2D eigenvalue weighted by Crippen LogP contribution is -2.29. The van der Waals surface area contributed by atoms with E-state index in [4.69, 9.17) is 0 Å². The molecular weight excluding hydrogens is 511 g/mol. The van der Waals surface area contributed by atoms with E-state index >= 15 is 4.39 Å². The van der Waals surface area contributed by atoms with Crippen LogP contribution in [-0.4, -0.2) is 6.36 Å². The lowest BCUT2D eigenvalue weighted by atomic mass is 9.95. The van der Waals surface area contributed by atoms with Crippen molar-refractivity contribution in [3.8, 4) is 22.3 Å². The Kier molecular flexibility index (Phi) is 6.98. The monoisotopic (exact) mass is 528 g/mol. The highest BCUT2D eigenvalue weighted by Gasteiger charge is 2.49. The Bertz CT molecular complexity index is 1450. The average molecular weight is 528 g/mol. The molecule has 0 radical (unpaired) electrons. The van der Waals surface area contributed by atoms with Crippen LogP contribution in [0.2, 0.25) is 0 Å². The first-order valence-electron chi connectivity index (χ1n) is 11.0. The summed E-state index contributed by atoms with van der Waals surface area (Å²) in [6.45, 7) is 2.01. The largest absolute Gasteiger partial charge is 0.527 e. The van der Waals surface area contributed by atoms with Crippen LogP contribution in [0.15, 0.2) is 60.7 Å². The third-order valence-corrected chi connectivity index (χ3v) is 5.73. The van der Waals surface area contributed by atoms with Gasteiger partial charge in [-0.15, -0.1) is 13.2 Å². The van der Waals surface area contributed by atoms with Gasteiger partial charge in [-0.25, -0.2) is 22.3 Å². The molecule has 4 aromatic rings. The van der Waals surface area contributed by atoms with Gasteiger partial charge in [-0.05, 0) is 46.7 Å². The van der Waals surface area contributed by atoms with Crippen molar-refractivity contribution in [3.63, 3.8) is 0 Å². The van der Waals surface area contributed by atoms with Crippen molar-refractivity contribution in [2.24, 2.45) is 0 Å². The summed E-state index contributed by atoms with van der Waals surface area (Å²) in [4.78, 5) is 0. The maximum Gasteiger partial charge on any atom is 0.527 e. The van der Waals surface area contributed by atoms with E-state index in [2.05, 4.69) is 4.74 Å². The van der Waals surface area contributed by atoms with Gasteiger partial charge in [0.25, 0.3) is 0 Å². The summed E-state index contributed by atoms with van der Waals surface area (Å²) >= 11 is 0. The highest BCUT2D eigenvalue weighted by atomic mass is 19.4. The van der Waals surface area contributed by atoms with Crippen LogP contribution < -0.4 is 0 Å². The normalized spacial score (nSPS) is 12.4. The molecule has 0 amide bonds. The Balaban J connectivity index is 1.71. The molecule has 0 unspecified atom stereocenters. The first-order valence-corrected chi connectivity index (χ1v) is 11.0. The van der Waals surface area contributed by atoms with E-state index in [1.54, 1.807) is 18.2 Å². The average Bonchev–Trinajstić information content (AvgIpc) is 2.77. The molecular formula is C27H17F9O. The summed E-state index contributed by atoms with van der Waals surface area (Å²) in [5.74, 6) is -5.83. The van der Waals surface area contributed by atoms with Gasteiger partial charge in [0.2, 0.25) is 0 Å². The fourth-order valence-corrected chi connectivity index (χ4v) is 4.13. The van der Waals surface area contributed by atoms with Crippen molar-refractivity contribution < 1.29 is 44.3 Å². The molecule has 0 saturated heterocycles. The first kappa shape index (κ1) is 26.5. The van der Waals surface area contributed by atoms with Gasteiger partial charge in [-0.2, -0.15) is 8.78 Å². The highest BCUT2D eigenvalue weighted by molar-refractivity contribution is 5.89. The van der Waals surface area contributed by atoms with Gasteiger partial charge in [0, 0.05) is 16.5 Å². The van der Waals surface area contributed by atoms with Crippen LogP contribution in [0.25, 0.3) is 33.0 Å². The predicted octanol–water partition coefficient (Wildman–Crippen LogP) is 9.27. The molecule has 37 heavy (non-hydrogen) atoms. The van der Waals surface area contributed by atoms with E-state index in [0.29, 0.717) is 10.8 Å². The fourth-order valence-electron chi connectivity index (χ4n) is 4.13. The predicted molar refractivity (Wildman–Crippen MR) is 120 cm³/mol. The summed E-state index contributed by atoms with van der Waals surface area (Å²) < 4.78 is 125. The SMILES string of the molecule is CCCc1ccc2c(F)c(-c3ccc(-c4cc(F)c(C(F)(F)OC(F)(F)F)c(F)c4)c(F)c3)ccc2c1. The Morgan fingerprint density at radius 3 is 1.89 bits per heavy atom. The molecule has 4 aromatic carbocycles. The second-order valence-corrected chi connectivity index (χ2v) is 8.31. The summed E-state index contributed by atoms with van der Waals surface area (Å²) in [5.41, 5.74) is -2.10. The zero-order valence-electron chi connectivity index (χ0n) is 19.0. The van der Waals surface area contributed by atoms with Gasteiger partial charge in [-0.3, -0.25) is 0 Å². The third kappa shape index (κ3) is 5.44. The lowest BCUT2D eigenvalue weighted by Gasteiger charge is -2.20. The van der Waals surface area contributed by atoms with Crippen LogP contribution in [0.5, 0.6) is 0 Å². The van der Waals surface area contributed by atoms with E-state index in [0.717, 1.165) is 30.5 Å². The molecule has 0 bridgehead atoms. The van der Waals surface area contributed by atoms with Gasteiger partial charge in [-0.1, -0.05) is 55.8 Å². The van der Waals surface area contributed by atoms with E-state index in [9.17, 15) is 35.1 Å². The number of fused-ring (bicyclic) bond motifs is 1. The van der Waals surface area contributed by atoms with Gasteiger partial charge in [0.05, 0.1) is 0 Å². The van der Waals surface area contributed by atoms with E-state index in [1.807, 2.05) is 13.0 Å². The number of halogens is 9. The number of hydrogen-bond acceptors (Lipinski definition) is 1. The van der Waals surface area contributed by atoms with Crippen molar-refractivity contribution >= 4 is 10.8 Å². The molecule has 0 fully saturated rings. The molecule has 0 saturated carbocycles. The molecule has 0 heterocycles. The third-order valence-electron chi connectivity index (χ3n) is 5.73. The molecule has 194 valence electrons. The van der Waals surface area contributed by atoms with E-state index in [-0.39, 0.29) is 23.3 Å². The van der Waals surface area contributed by atoms with Gasteiger partial charge in [0.1, 0.15) is 28.8 Å². The van der Waals surface area contributed by atoms with Crippen LogP contribution in [0.3, 0.4) is 0 Å². The summed E-state index contributed by atoms with van der Waals surface area (Å²) in [7, 11) is 0. The minimum absolute atomic E-state index is 0.0536. The maximum absolute atomic E-state index is 15.2. The van der Waals surface area contributed by atoms with E-state index in [1.165, 1.54) is 12.1 Å². The Morgan fingerprint density at radius 2 is 1.30 bits per heavy atom. The lowest BCUT2D eigenvalue weighted by molar-refractivity contribution is -0.432. The number of aryl methyl sites for hydroxylation is 1. The van der Waals surface area contributed by atoms with Crippen LogP contribution in [0, 0.1) is 23.3 Å². The Morgan fingerprint density at radius 1 is 0.676 bits per heavy atom. The second kappa shape index (κ2) is 9.74. The molecule has 4 rings (SSSR count). The van der Waals surface area contributed by atoms with Crippen LogP contribution in [0.4, 0.5) is 39.5 Å². The molecule has 0 N–H and O–H groups in total. The number of alkyl halides is 5. The van der Waals surface area contributed by atoms with Gasteiger partial charge < -0.3 is 0 Å². The summed E-state index contributed by atoms with van der Waals surface area (Å²) in [6, 6.07) is 12.1. The van der Waals surface area contributed by atoms with Crippen LogP contribution >= 0.6 is 0 Å². The minimum Gasteiger partial charge on any atom is -0.222 e. The molecule has 0 aliphatic rings. The second-order valence-electron chi connectivity index (χ2n) is 8.31. The van der Waals surface area contributed by atoms with Crippen LogP contribution in [0.1, 0.15) is 24.5 Å². The number of rotatable bonds is 6. The zero-order chi connectivity index (χ0) is 27.1. The van der Waals surface area contributed by atoms with Crippen LogP contribution in [-0.2, 0) is 17.3 Å². The molecule has 0 aliphatic carbocycles. The molecule has 0 spiro atoms. The van der Waals surface area contributed by atoms with Crippen molar-refractivity contribution in [3.05, 3.63) is 95.1 Å². The van der Waals surface area contributed by atoms with Gasteiger partial charge >= 0.3 is 12.5 Å². The Hall–Kier alpha value is -3.53. The molecule has 0 aromatic heterocycles. The van der Waals surface area contributed by atoms with Crippen molar-refractivity contribution in [1.29, 1.82) is 0 Å². The molecule has 1 nitrogen and oxygen atoms in total. The van der Waals surface area contributed by atoms with Gasteiger partial charge in [0.15, 0.2) is 0 Å².